The van der Waals surface area contributed by atoms with Crippen LogP contribution in [0, 0.1) is 17.5 Å². The van der Waals surface area contributed by atoms with Gasteiger partial charge < -0.3 is 14.1 Å². The van der Waals surface area contributed by atoms with Crippen LogP contribution in [0.25, 0.3) is 0 Å². The lowest BCUT2D eigenvalue weighted by molar-refractivity contribution is -0.0349. The molecule has 1 aromatic heterocycles. The summed E-state index contributed by atoms with van der Waals surface area (Å²) in [5.74, 6) is -1.54. The third-order valence-electron chi connectivity index (χ3n) is 4.60. The second-order valence-corrected chi connectivity index (χ2v) is 6.74. The van der Waals surface area contributed by atoms with Crippen molar-refractivity contribution in [1.29, 1.82) is 0 Å². The zero-order chi connectivity index (χ0) is 20.4. The van der Waals surface area contributed by atoms with Crippen molar-refractivity contribution < 1.29 is 27.1 Å². The zero-order valence-corrected chi connectivity index (χ0v) is 15.3. The molecule has 2 heterocycles. The minimum atomic E-state index is -0.809. The first-order chi connectivity index (χ1) is 14.0. The van der Waals surface area contributed by atoms with E-state index in [1.165, 1.54) is 17.0 Å². The largest absolute Gasteiger partial charge is 0.442 e. The van der Waals surface area contributed by atoms with Gasteiger partial charge in [0.1, 0.15) is 23.2 Å². The van der Waals surface area contributed by atoms with Gasteiger partial charge in [0.25, 0.3) is 5.91 Å². The van der Waals surface area contributed by atoms with E-state index in [2.05, 4.69) is 4.98 Å². The van der Waals surface area contributed by atoms with Crippen LogP contribution in [0.3, 0.4) is 0 Å². The highest BCUT2D eigenvalue weighted by molar-refractivity contribution is 5.94. The normalized spacial score (nSPS) is 16.8. The van der Waals surface area contributed by atoms with Crippen molar-refractivity contribution in [3.05, 3.63) is 88.9 Å². The maximum Gasteiger partial charge on any atom is 0.254 e. The van der Waals surface area contributed by atoms with E-state index in [-0.39, 0.29) is 31.1 Å². The molecule has 0 spiro atoms. The smallest absolute Gasteiger partial charge is 0.254 e. The monoisotopic (exact) mass is 402 g/mol. The van der Waals surface area contributed by atoms with E-state index in [1.807, 2.05) is 0 Å². The van der Waals surface area contributed by atoms with Crippen molar-refractivity contribution in [2.45, 2.75) is 12.5 Å². The molecule has 0 bridgehead atoms. The molecule has 0 N–H and O–H groups in total. The lowest BCUT2D eigenvalue weighted by Crippen LogP contribution is -2.42. The van der Waals surface area contributed by atoms with Gasteiger partial charge in [-0.15, -0.1) is 0 Å². The summed E-state index contributed by atoms with van der Waals surface area (Å²) in [6, 6.07) is 8.78. The summed E-state index contributed by atoms with van der Waals surface area (Å²) in [5, 5.41) is 0. The molecule has 1 saturated heterocycles. The number of nitrogens with zero attached hydrogens (tertiary/aromatic N) is 2. The molecule has 1 atom stereocenters. The molecule has 4 rings (SSSR count). The van der Waals surface area contributed by atoms with Crippen molar-refractivity contribution in [2.24, 2.45) is 0 Å². The number of hydrogen-bond acceptors (Lipinski definition) is 4. The van der Waals surface area contributed by atoms with E-state index in [0.717, 1.165) is 17.7 Å². The Bertz CT molecular complexity index is 1000. The topological polar surface area (TPSA) is 55.6 Å². The van der Waals surface area contributed by atoms with Crippen molar-refractivity contribution in [2.75, 3.05) is 19.7 Å². The molecule has 150 valence electrons. The van der Waals surface area contributed by atoms with Crippen molar-refractivity contribution >= 4 is 5.91 Å². The Balaban J connectivity index is 1.45. The number of carbonyl (C=O) groups is 1. The Morgan fingerprint density at radius 3 is 2.52 bits per heavy atom. The number of halogens is 3. The SMILES string of the molecule is O=C(c1cc(F)cc(F)c1)N1CCOC(c2ncc(Cc3ccc(F)cc3)o2)C1. The van der Waals surface area contributed by atoms with Crippen LogP contribution in [-0.2, 0) is 11.2 Å². The molecule has 29 heavy (non-hydrogen) atoms. The Hall–Kier alpha value is -3.13. The number of oxazole rings is 1. The van der Waals surface area contributed by atoms with E-state index < -0.39 is 23.6 Å². The van der Waals surface area contributed by atoms with Gasteiger partial charge in [-0.05, 0) is 29.8 Å². The highest BCUT2D eigenvalue weighted by atomic mass is 19.1. The van der Waals surface area contributed by atoms with Crippen molar-refractivity contribution in [1.82, 2.24) is 9.88 Å². The summed E-state index contributed by atoms with van der Waals surface area (Å²) in [5.41, 5.74) is 0.802. The first-order valence-electron chi connectivity index (χ1n) is 9.04. The summed E-state index contributed by atoms with van der Waals surface area (Å²) < 4.78 is 51.3. The van der Waals surface area contributed by atoms with Gasteiger partial charge in [-0.2, -0.15) is 0 Å². The number of benzene rings is 2. The summed E-state index contributed by atoms with van der Waals surface area (Å²) >= 11 is 0. The number of aromatic nitrogens is 1. The highest BCUT2D eigenvalue weighted by Gasteiger charge is 2.29. The summed E-state index contributed by atoms with van der Waals surface area (Å²) in [6.45, 7) is 0.675. The van der Waals surface area contributed by atoms with Gasteiger partial charge in [0.15, 0.2) is 6.10 Å². The number of hydrogen-bond donors (Lipinski definition) is 0. The number of carbonyl (C=O) groups excluding carboxylic acids is 1. The van der Waals surface area contributed by atoms with Gasteiger partial charge in [-0.1, -0.05) is 12.1 Å². The first kappa shape index (κ1) is 19.2. The van der Waals surface area contributed by atoms with Gasteiger partial charge in [0, 0.05) is 24.6 Å². The Morgan fingerprint density at radius 2 is 1.79 bits per heavy atom. The predicted molar refractivity (Wildman–Crippen MR) is 96.7 cm³/mol. The van der Waals surface area contributed by atoms with Crippen LogP contribution in [0.15, 0.2) is 53.1 Å². The standard InChI is InChI=1S/C21H17F3N2O3/c22-15-3-1-13(2-4-15)7-18-11-25-20(29-18)19-12-26(5-6-28-19)21(27)14-8-16(23)10-17(24)9-14/h1-4,8-11,19H,5-7,12H2. The molecule has 1 aliphatic rings. The molecular formula is C21H17F3N2O3. The van der Waals surface area contributed by atoms with Crippen LogP contribution in [-0.4, -0.2) is 35.5 Å². The second-order valence-electron chi connectivity index (χ2n) is 6.74. The maximum atomic E-state index is 13.4. The molecule has 3 aromatic rings. The first-order valence-corrected chi connectivity index (χ1v) is 9.04. The number of amides is 1. The van der Waals surface area contributed by atoms with Crippen LogP contribution >= 0.6 is 0 Å². The molecule has 0 aliphatic carbocycles. The fourth-order valence-corrected chi connectivity index (χ4v) is 3.20. The zero-order valence-electron chi connectivity index (χ0n) is 15.3. The van der Waals surface area contributed by atoms with Crippen LogP contribution in [0.5, 0.6) is 0 Å². The molecule has 1 fully saturated rings. The summed E-state index contributed by atoms with van der Waals surface area (Å²) in [6.07, 6.45) is 1.41. The van der Waals surface area contributed by atoms with Gasteiger partial charge in [-0.3, -0.25) is 4.79 Å². The second kappa shape index (κ2) is 8.08. The molecule has 2 aromatic carbocycles. The highest BCUT2D eigenvalue weighted by Crippen LogP contribution is 2.24. The van der Waals surface area contributed by atoms with Crippen LogP contribution in [0.4, 0.5) is 13.2 Å². The number of rotatable bonds is 4. The van der Waals surface area contributed by atoms with E-state index in [0.29, 0.717) is 24.1 Å². The van der Waals surface area contributed by atoms with Crippen LogP contribution in [0.1, 0.15) is 33.7 Å². The molecule has 5 nitrogen and oxygen atoms in total. The lowest BCUT2D eigenvalue weighted by Gasteiger charge is -2.31. The van der Waals surface area contributed by atoms with Gasteiger partial charge >= 0.3 is 0 Å². The Morgan fingerprint density at radius 1 is 1.07 bits per heavy atom. The van der Waals surface area contributed by atoms with Crippen molar-refractivity contribution in [3.8, 4) is 0 Å². The van der Waals surface area contributed by atoms with Gasteiger partial charge in [0.05, 0.1) is 19.3 Å². The maximum absolute atomic E-state index is 13.4. The number of ether oxygens (including phenoxy) is 1. The van der Waals surface area contributed by atoms with E-state index in [4.69, 9.17) is 9.15 Å². The molecular weight excluding hydrogens is 385 g/mol. The molecule has 1 unspecified atom stereocenters. The molecule has 1 aliphatic heterocycles. The number of morpholine rings is 1. The summed E-state index contributed by atoms with van der Waals surface area (Å²) in [4.78, 5) is 18.3. The average Bonchev–Trinajstić information content (AvgIpc) is 3.17. The van der Waals surface area contributed by atoms with Crippen LogP contribution in [0.2, 0.25) is 0 Å². The Labute approximate surface area is 164 Å². The van der Waals surface area contributed by atoms with E-state index >= 15 is 0 Å². The quantitative estimate of drug-likeness (QED) is 0.664. The van der Waals surface area contributed by atoms with E-state index in [9.17, 15) is 18.0 Å². The Kier molecular flexibility index (Phi) is 5.35. The van der Waals surface area contributed by atoms with E-state index in [1.54, 1.807) is 18.3 Å². The van der Waals surface area contributed by atoms with Crippen molar-refractivity contribution in [3.63, 3.8) is 0 Å². The van der Waals surface area contributed by atoms with Gasteiger partial charge in [-0.25, -0.2) is 18.2 Å². The molecule has 8 heteroatoms. The molecule has 0 saturated carbocycles. The minimum Gasteiger partial charge on any atom is -0.442 e. The van der Waals surface area contributed by atoms with Crippen LogP contribution < -0.4 is 0 Å². The minimum absolute atomic E-state index is 0.0625. The molecule has 0 radical (unpaired) electrons. The molecule has 1 amide bonds. The average molecular weight is 402 g/mol. The third kappa shape index (κ3) is 4.48. The fraction of sp³-hybridized carbons (Fsp3) is 0.238. The third-order valence-corrected chi connectivity index (χ3v) is 4.60. The lowest BCUT2D eigenvalue weighted by atomic mass is 10.1. The fourth-order valence-electron chi connectivity index (χ4n) is 3.20. The summed E-state index contributed by atoms with van der Waals surface area (Å²) in [7, 11) is 0. The predicted octanol–water partition coefficient (Wildman–Crippen LogP) is 3.90. The van der Waals surface area contributed by atoms with Gasteiger partial charge in [0.2, 0.25) is 5.89 Å².